The zero-order valence-corrected chi connectivity index (χ0v) is 21.2. The summed E-state index contributed by atoms with van der Waals surface area (Å²) in [4.78, 5) is 4.90. The second-order valence-corrected chi connectivity index (χ2v) is 10.5. The number of aryl methyl sites for hydroxylation is 4. The molecule has 3 aliphatic rings. The molecule has 0 aliphatic heterocycles. The third kappa shape index (κ3) is 2.97. The molecule has 2 heteroatoms. The lowest BCUT2D eigenvalue weighted by Crippen LogP contribution is -2.31. The van der Waals surface area contributed by atoms with Crippen molar-refractivity contribution in [2.45, 2.75) is 32.6 Å². The molecule has 0 spiro atoms. The second kappa shape index (κ2) is 7.73. The molecule has 5 aromatic rings. The highest BCUT2D eigenvalue weighted by molar-refractivity contribution is 5.75. The van der Waals surface area contributed by atoms with Crippen molar-refractivity contribution < 1.29 is 4.57 Å². The number of benzene rings is 4. The van der Waals surface area contributed by atoms with Gasteiger partial charge in [0.1, 0.15) is 5.69 Å². The summed E-state index contributed by atoms with van der Waals surface area (Å²) in [5.74, 6) is 0.569. The lowest BCUT2D eigenvalue weighted by atomic mass is 9.60. The average molecular weight is 466 g/mol. The Morgan fingerprint density at radius 1 is 0.583 bits per heavy atom. The Labute approximate surface area is 212 Å². The maximum atomic E-state index is 4.90. The first-order valence-corrected chi connectivity index (χ1v) is 12.8. The van der Waals surface area contributed by atoms with E-state index in [1.165, 1.54) is 66.9 Å². The number of aromatic nitrogens is 2. The molecule has 174 valence electrons. The van der Waals surface area contributed by atoms with Gasteiger partial charge in [0.25, 0.3) is 6.33 Å². The molecule has 0 amide bonds. The number of rotatable bonds is 2. The fourth-order valence-electron chi connectivity index (χ4n) is 6.53. The van der Waals surface area contributed by atoms with Gasteiger partial charge in [0.05, 0.1) is 7.05 Å². The van der Waals surface area contributed by atoms with Crippen LogP contribution < -0.4 is 4.57 Å². The van der Waals surface area contributed by atoms with E-state index in [-0.39, 0.29) is 5.92 Å². The van der Waals surface area contributed by atoms with Crippen LogP contribution in [-0.2, 0) is 7.05 Å². The minimum Gasteiger partial charge on any atom is -0.232 e. The normalized spacial score (nSPS) is 16.9. The van der Waals surface area contributed by atoms with E-state index in [9.17, 15) is 0 Å². The van der Waals surface area contributed by atoms with Crippen molar-refractivity contribution in [3.8, 4) is 22.5 Å². The summed E-state index contributed by atoms with van der Waals surface area (Å²) in [5.41, 5.74) is 17.3. The maximum Gasteiger partial charge on any atom is 0.287 e. The van der Waals surface area contributed by atoms with Gasteiger partial charge < -0.3 is 0 Å². The summed E-state index contributed by atoms with van der Waals surface area (Å²) in [6.45, 7) is 6.62. The average Bonchev–Trinajstić information content (AvgIpc) is 2.89. The Balaban J connectivity index is 1.44. The Morgan fingerprint density at radius 2 is 1.22 bits per heavy atom. The van der Waals surface area contributed by atoms with Gasteiger partial charge >= 0.3 is 0 Å². The minimum atomic E-state index is 0.270. The fourth-order valence-corrected chi connectivity index (χ4v) is 6.53. The Kier molecular flexibility index (Phi) is 4.56. The van der Waals surface area contributed by atoms with Crippen molar-refractivity contribution >= 4 is 0 Å². The molecule has 2 bridgehead atoms. The molecule has 1 aromatic heterocycles. The molecule has 2 nitrogen and oxygen atoms in total. The van der Waals surface area contributed by atoms with E-state index in [1.807, 2.05) is 6.33 Å². The topological polar surface area (TPSA) is 16.8 Å². The SMILES string of the molecule is Cc1ccc2c(c1)C1c3ccccc3C2c2cc(-c3cc(-c4ccccc4C)[n+](C)cn3)c(C)cc21. The van der Waals surface area contributed by atoms with Crippen LogP contribution in [0.3, 0.4) is 0 Å². The molecule has 3 aliphatic carbocycles. The molecule has 0 N–H and O–H groups in total. The first kappa shape index (κ1) is 21.3. The minimum absolute atomic E-state index is 0.270. The molecule has 8 rings (SSSR count). The van der Waals surface area contributed by atoms with Gasteiger partial charge in [0.15, 0.2) is 5.69 Å². The van der Waals surface area contributed by atoms with Crippen molar-refractivity contribution in [3.63, 3.8) is 0 Å². The molecule has 36 heavy (non-hydrogen) atoms. The zero-order chi connectivity index (χ0) is 24.6. The lowest BCUT2D eigenvalue weighted by Gasteiger charge is -2.42. The van der Waals surface area contributed by atoms with Gasteiger partial charge in [-0.15, -0.1) is 0 Å². The first-order chi connectivity index (χ1) is 17.5. The van der Waals surface area contributed by atoms with Gasteiger partial charge in [-0.1, -0.05) is 78.4 Å². The lowest BCUT2D eigenvalue weighted by molar-refractivity contribution is -0.663. The monoisotopic (exact) mass is 465 g/mol. The number of hydrogen-bond donors (Lipinski definition) is 0. The summed E-state index contributed by atoms with van der Waals surface area (Å²) >= 11 is 0. The molecule has 2 atom stereocenters. The van der Waals surface area contributed by atoms with Crippen molar-refractivity contribution in [1.82, 2.24) is 4.98 Å². The van der Waals surface area contributed by atoms with Gasteiger partial charge in [-0.2, -0.15) is 0 Å². The molecule has 0 radical (unpaired) electrons. The summed E-state index contributed by atoms with van der Waals surface area (Å²) in [7, 11) is 2.08. The fraction of sp³-hybridized carbons (Fsp3) is 0.176. The smallest absolute Gasteiger partial charge is 0.232 e. The van der Waals surface area contributed by atoms with Crippen LogP contribution in [-0.4, -0.2) is 4.98 Å². The predicted octanol–water partition coefficient (Wildman–Crippen LogP) is 7.15. The molecule has 0 saturated carbocycles. The molecular weight excluding hydrogens is 436 g/mol. The van der Waals surface area contributed by atoms with Crippen LogP contribution in [0.4, 0.5) is 0 Å². The Morgan fingerprint density at radius 3 is 2.00 bits per heavy atom. The Bertz CT molecular complexity index is 1690. The van der Waals surface area contributed by atoms with Gasteiger partial charge in [-0.3, -0.25) is 0 Å². The van der Waals surface area contributed by atoms with E-state index in [1.54, 1.807) is 0 Å². The van der Waals surface area contributed by atoms with Crippen LogP contribution in [0.2, 0.25) is 0 Å². The van der Waals surface area contributed by atoms with Crippen LogP contribution in [0.5, 0.6) is 0 Å². The quantitative estimate of drug-likeness (QED) is 0.248. The van der Waals surface area contributed by atoms with Crippen molar-refractivity contribution in [2.24, 2.45) is 7.05 Å². The van der Waals surface area contributed by atoms with Crippen LogP contribution in [0, 0.1) is 20.8 Å². The Hall–Kier alpha value is -4.04. The standard InChI is InChI=1S/C34H29N2/c1-20-13-14-26-28(15-20)34-25-12-8-7-11-24(25)33(26)30-17-27(22(3)16-29(30)34)31-18-32(36(4)19-35-31)23-10-6-5-9-21(23)2/h5-19,33-34H,1-4H3/q+1. The molecule has 0 fully saturated rings. The van der Waals surface area contributed by atoms with E-state index in [0.717, 1.165) is 5.69 Å². The molecule has 2 unspecified atom stereocenters. The van der Waals surface area contributed by atoms with E-state index in [2.05, 4.69) is 117 Å². The van der Waals surface area contributed by atoms with Gasteiger partial charge in [-0.25, -0.2) is 4.57 Å². The summed E-state index contributed by atoms with van der Waals surface area (Å²) in [6.07, 6.45) is 1.95. The van der Waals surface area contributed by atoms with Crippen LogP contribution in [0.1, 0.15) is 61.9 Å². The predicted molar refractivity (Wildman–Crippen MR) is 145 cm³/mol. The van der Waals surface area contributed by atoms with E-state index in [0.29, 0.717) is 5.92 Å². The van der Waals surface area contributed by atoms with Crippen LogP contribution in [0.25, 0.3) is 22.5 Å². The highest BCUT2D eigenvalue weighted by Crippen LogP contribution is 2.56. The maximum absolute atomic E-state index is 4.90. The van der Waals surface area contributed by atoms with Crippen molar-refractivity contribution in [3.05, 3.63) is 141 Å². The van der Waals surface area contributed by atoms with Gasteiger partial charge in [-0.05, 0) is 76.3 Å². The van der Waals surface area contributed by atoms with Crippen molar-refractivity contribution in [1.29, 1.82) is 0 Å². The third-order valence-electron chi connectivity index (χ3n) is 8.25. The summed E-state index contributed by atoms with van der Waals surface area (Å²) < 4.78 is 2.12. The van der Waals surface area contributed by atoms with E-state index in [4.69, 9.17) is 4.98 Å². The summed E-state index contributed by atoms with van der Waals surface area (Å²) in [5, 5.41) is 0. The molecule has 1 heterocycles. The molecule has 4 aromatic carbocycles. The number of nitrogens with zero attached hydrogens (tertiary/aromatic N) is 2. The highest BCUT2D eigenvalue weighted by atomic mass is 15.0. The number of hydrogen-bond acceptors (Lipinski definition) is 1. The van der Waals surface area contributed by atoms with Crippen LogP contribution in [0.15, 0.2) is 91.3 Å². The largest absolute Gasteiger partial charge is 0.287 e. The molecular formula is C34H29N2+. The highest BCUT2D eigenvalue weighted by Gasteiger charge is 2.41. The third-order valence-corrected chi connectivity index (χ3v) is 8.25. The van der Waals surface area contributed by atoms with Gasteiger partial charge in [0, 0.05) is 29.0 Å². The van der Waals surface area contributed by atoms with Crippen LogP contribution >= 0.6 is 0 Å². The van der Waals surface area contributed by atoms with E-state index >= 15 is 0 Å². The second-order valence-electron chi connectivity index (χ2n) is 10.5. The summed E-state index contributed by atoms with van der Waals surface area (Å²) in [6, 6.07) is 31.8. The van der Waals surface area contributed by atoms with E-state index < -0.39 is 0 Å². The zero-order valence-electron chi connectivity index (χ0n) is 21.2. The van der Waals surface area contributed by atoms with Gasteiger partial charge in [0.2, 0.25) is 0 Å². The molecule has 0 saturated heterocycles. The first-order valence-electron chi connectivity index (χ1n) is 12.8. The van der Waals surface area contributed by atoms with Crippen molar-refractivity contribution in [2.75, 3.05) is 0 Å².